The molecule has 3 heterocycles. The highest BCUT2D eigenvalue weighted by atomic mass is 19.4. The van der Waals surface area contributed by atoms with Gasteiger partial charge in [0.2, 0.25) is 0 Å². The van der Waals surface area contributed by atoms with Crippen LogP contribution in [0.15, 0.2) is 34.9 Å². The molecule has 0 bridgehead atoms. The number of benzene rings is 1. The van der Waals surface area contributed by atoms with E-state index in [1.807, 2.05) is 13.0 Å². The molecular weight excluding hydrogens is 381 g/mol. The number of likely N-dealkylation sites (tertiary alicyclic amines) is 1. The lowest BCUT2D eigenvalue weighted by atomic mass is 10.0. The van der Waals surface area contributed by atoms with Crippen molar-refractivity contribution in [2.75, 3.05) is 44.2 Å². The first-order chi connectivity index (χ1) is 13.9. The third-order valence-corrected chi connectivity index (χ3v) is 5.98. The van der Waals surface area contributed by atoms with Gasteiger partial charge in [-0.25, -0.2) is 0 Å². The Labute approximate surface area is 169 Å². The van der Waals surface area contributed by atoms with Crippen LogP contribution in [0.1, 0.15) is 29.9 Å². The van der Waals surface area contributed by atoms with Crippen LogP contribution in [0.2, 0.25) is 0 Å². The second-order valence-corrected chi connectivity index (χ2v) is 8.01. The summed E-state index contributed by atoms with van der Waals surface area (Å²) in [5.74, 6) is 0.913. The Morgan fingerprint density at radius 2 is 1.76 bits per heavy atom. The van der Waals surface area contributed by atoms with Gasteiger partial charge in [-0.1, -0.05) is 11.2 Å². The summed E-state index contributed by atoms with van der Waals surface area (Å²) in [4.78, 5) is 6.96. The van der Waals surface area contributed by atoms with Gasteiger partial charge in [-0.3, -0.25) is 9.80 Å². The molecule has 2 aliphatic rings. The van der Waals surface area contributed by atoms with E-state index in [-0.39, 0.29) is 0 Å². The number of piperazine rings is 1. The molecule has 5 nitrogen and oxygen atoms in total. The van der Waals surface area contributed by atoms with Crippen molar-refractivity contribution in [3.8, 4) is 0 Å². The number of hydrogen-bond donors (Lipinski definition) is 0. The highest BCUT2D eigenvalue weighted by molar-refractivity contribution is 5.49. The summed E-state index contributed by atoms with van der Waals surface area (Å²) in [6, 6.07) is 8.20. The number of aromatic nitrogens is 1. The number of halogens is 3. The standard InChI is InChI=1S/C21H27F3N4O/c1-16-13-20(29-25-16)15-26-7-5-18(6-8-26)27-9-11-28(12-10-27)19-4-2-3-17(14-19)21(22,23)24/h2-4,13-14,18H,5-12,15H2,1H3. The highest BCUT2D eigenvalue weighted by Crippen LogP contribution is 2.32. The molecule has 0 radical (unpaired) electrons. The van der Waals surface area contributed by atoms with Gasteiger partial charge in [-0.05, 0) is 38.0 Å². The molecule has 0 aliphatic carbocycles. The fraction of sp³-hybridized carbons (Fsp3) is 0.571. The van der Waals surface area contributed by atoms with Gasteiger partial charge in [0, 0.05) is 57.1 Å². The number of rotatable bonds is 4. The summed E-state index contributed by atoms with van der Waals surface area (Å²) >= 11 is 0. The second-order valence-electron chi connectivity index (χ2n) is 8.01. The minimum atomic E-state index is -4.30. The maximum absolute atomic E-state index is 13.0. The van der Waals surface area contributed by atoms with E-state index >= 15 is 0 Å². The first-order valence-corrected chi connectivity index (χ1v) is 10.2. The molecule has 1 aromatic carbocycles. The lowest BCUT2D eigenvalue weighted by Gasteiger charge is -2.43. The molecule has 0 amide bonds. The van der Waals surface area contributed by atoms with Crippen molar-refractivity contribution in [3.63, 3.8) is 0 Å². The van der Waals surface area contributed by atoms with E-state index in [2.05, 4.69) is 19.9 Å². The first kappa shape index (κ1) is 20.2. The number of anilines is 1. The number of aryl methyl sites for hydroxylation is 1. The predicted molar refractivity (Wildman–Crippen MR) is 105 cm³/mol. The minimum absolute atomic E-state index is 0.548. The molecule has 2 aromatic rings. The van der Waals surface area contributed by atoms with Gasteiger partial charge in [0.25, 0.3) is 0 Å². The van der Waals surface area contributed by atoms with Crippen LogP contribution in [0.4, 0.5) is 18.9 Å². The van der Waals surface area contributed by atoms with Crippen LogP contribution in [0.3, 0.4) is 0 Å². The van der Waals surface area contributed by atoms with E-state index in [0.717, 1.165) is 76.2 Å². The zero-order chi connectivity index (χ0) is 20.4. The molecule has 0 saturated carbocycles. The van der Waals surface area contributed by atoms with Gasteiger partial charge >= 0.3 is 6.18 Å². The van der Waals surface area contributed by atoms with E-state index in [4.69, 9.17) is 4.52 Å². The van der Waals surface area contributed by atoms with Crippen LogP contribution in [0.5, 0.6) is 0 Å². The summed E-state index contributed by atoms with van der Waals surface area (Å²) in [6.45, 7) is 8.09. The lowest BCUT2D eigenvalue weighted by Crippen LogP contribution is -2.53. The molecule has 8 heteroatoms. The normalized spacial score (nSPS) is 20.3. The van der Waals surface area contributed by atoms with Crippen molar-refractivity contribution < 1.29 is 17.7 Å². The largest absolute Gasteiger partial charge is 0.416 e. The molecule has 0 spiro atoms. The van der Waals surface area contributed by atoms with Crippen molar-refractivity contribution in [2.45, 2.75) is 38.5 Å². The molecule has 0 N–H and O–H groups in total. The van der Waals surface area contributed by atoms with Gasteiger partial charge < -0.3 is 9.42 Å². The monoisotopic (exact) mass is 408 g/mol. The van der Waals surface area contributed by atoms with E-state index in [9.17, 15) is 13.2 Å². The zero-order valence-corrected chi connectivity index (χ0v) is 16.7. The zero-order valence-electron chi connectivity index (χ0n) is 16.7. The molecule has 158 valence electrons. The molecule has 0 unspecified atom stereocenters. The van der Waals surface area contributed by atoms with E-state index < -0.39 is 11.7 Å². The number of nitrogens with zero attached hydrogens (tertiary/aromatic N) is 4. The molecule has 1 aromatic heterocycles. The Kier molecular flexibility index (Phi) is 5.83. The second kappa shape index (κ2) is 8.36. The van der Waals surface area contributed by atoms with Crippen LogP contribution in [0, 0.1) is 6.92 Å². The van der Waals surface area contributed by atoms with Gasteiger partial charge in [0.15, 0.2) is 5.76 Å². The summed E-state index contributed by atoms with van der Waals surface area (Å²) in [7, 11) is 0. The van der Waals surface area contributed by atoms with Gasteiger partial charge in [0.1, 0.15) is 0 Å². The third-order valence-electron chi connectivity index (χ3n) is 5.98. The lowest BCUT2D eigenvalue weighted by molar-refractivity contribution is -0.137. The van der Waals surface area contributed by atoms with Crippen molar-refractivity contribution in [1.82, 2.24) is 15.0 Å². The average molecular weight is 408 g/mol. The molecule has 2 saturated heterocycles. The fourth-order valence-corrected chi connectivity index (χ4v) is 4.38. The van der Waals surface area contributed by atoms with Crippen LogP contribution in [0.25, 0.3) is 0 Å². The van der Waals surface area contributed by atoms with Crippen LogP contribution in [-0.4, -0.2) is 60.3 Å². The predicted octanol–water partition coefficient (Wildman–Crippen LogP) is 3.79. The van der Waals surface area contributed by atoms with Crippen molar-refractivity contribution >= 4 is 5.69 Å². The average Bonchev–Trinajstić information content (AvgIpc) is 3.13. The van der Waals surface area contributed by atoms with E-state index in [1.54, 1.807) is 6.07 Å². The van der Waals surface area contributed by atoms with Gasteiger partial charge in [-0.15, -0.1) is 0 Å². The Balaban J connectivity index is 1.26. The molecular formula is C21H27F3N4O. The summed E-state index contributed by atoms with van der Waals surface area (Å²) in [6.07, 6.45) is -2.08. The van der Waals surface area contributed by atoms with Crippen molar-refractivity contribution in [2.24, 2.45) is 0 Å². The first-order valence-electron chi connectivity index (χ1n) is 10.2. The van der Waals surface area contributed by atoms with Gasteiger partial charge in [-0.2, -0.15) is 13.2 Å². The maximum atomic E-state index is 13.0. The molecule has 4 rings (SSSR count). The molecule has 2 fully saturated rings. The van der Waals surface area contributed by atoms with Crippen molar-refractivity contribution in [1.29, 1.82) is 0 Å². The summed E-state index contributed by atoms with van der Waals surface area (Å²) < 4.78 is 44.2. The van der Waals surface area contributed by atoms with Crippen LogP contribution in [-0.2, 0) is 12.7 Å². The van der Waals surface area contributed by atoms with E-state index in [0.29, 0.717) is 11.7 Å². The number of piperidine rings is 1. The Morgan fingerprint density at radius 3 is 2.38 bits per heavy atom. The topological polar surface area (TPSA) is 35.8 Å². The van der Waals surface area contributed by atoms with Crippen LogP contribution >= 0.6 is 0 Å². The molecule has 29 heavy (non-hydrogen) atoms. The van der Waals surface area contributed by atoms with E-state index in [1.165, 1.54) is 12.1 Å². The fourth-order valence-electron chi connectivity index (χ4n) is 4.38. The number of hydrogen-bond acceptors (Lipinski definition) is 5. The van der Waals surface area contributed by atoms with Crippen LogP contribution < -0.4 is 4.90 Å². The van der Waals surface area contributed by atoms with Crippen molar-refractivity contribution in [3.05, 3.63) is 47.3 Å². The maximum Gasteiger partial charge on any atom is 0.416 e. The quantitative estimate of drug-likeness (QED) is 0.769. The SMILES string of the molecule is Cc1cc(CN2CCC(N3CCN(c4cccc(C(F)(F)F)c4)CC3)CC2)on1. The Morgan fingerprint density at radius 1 is 1.03 bits per heavy atom. The smallest absolute Gasteiger partial charge is 0.369 e. The molecule has 0 atom stereocenters. The van der Waals surface area contributed by atoms with Gasteiger partial charge in [0.05, 0.1) is 17.8 Å². The Bertz CT molecular complexity index is 806. The molecule has 2 aliphatic heterocycles. The third kappa shape index (κ3) is 4.93. The minimum Gasteiger partial charge on any atom is -0.369 e. The highest BCUT2D eigenvalue weighted by Gasteiger charge is 2.32. The Hall–Kier alpha value is -2.06. The summed E-state index contributed by atoms with van der Waals surface area (Å²) in [5.41, 5.74) is 0.997. The number of alkyl halides is 3. The summed E-state index contributed by atoms with van der Waals surface area (Å²) in [5, 5.41) is 3.94.